The lowest BCUT2D eigenvalue weighted by molar-refractivity contribution is 0.102. The highest BCUT2D eigenvalue weighted by atomic mass is 16.5. The van der Waals surface area contributed by atoms with E-state index < -0.39 is 0 Å². The van der Waals surface area contributed by atoms with E-state index in [2.05, 4.69) is 5.32 Å². The molecule has 0 spiro atoms. The van der Waals surface area contributed by atoms with Crippen LogP contribution in [0, 0.1) is 0 Å². The van der Waals surface area contributed by atoms with Crippen molar-refractivity contribution >= 4 is 11.6 Å². The van der Waals surface area contributed by atoms with Crippen LogP contribution in [0.1, 0.15) is 10.4 Å². The zero-order valence-corrected chi connectivity index (χ0v) is 13.5. The number of hydrogen-bond donors (Lipinski definition) is 1. The predicted molar refractivity (Wildman–Crippen MR) is 93.3 cm³/mol. The highest BCUT2D eigenvalue weighted by molar-refractivity contribution is 6.04. The highest BCUT2D eigenvalue weighted by Crippen LogP contribution is 2.26. The summed E-state index contributed by atoms with van der Waals surface area (Å²) in [5.41, 5.74) is 2.11. The van der Waals surface area contributed by atoms with E-state index in [0.29, 0.717) is 22.7 Å². The molecule has 0 radical (unpaired) electrons. The average Bonchev–Trinajstić information content (AvgIpc) is 3.16. The lowest BCUT2D eigenvalue weighted by Crippen LogP contribution is -2.12. The summed E-state index contributed by atoms with van der Waals surface area (Å²) in [6.07, 6.45) is 3.87. The first-order chi connectivity index (χ1) is 11.7. The van der Waals surface area contributed by atoms with Gasteiger partial charge >= 0.3 is 0 Å². The van der Waals surface area contributed by atoms with E-state index in [-0.39, 0.29) is 5.91 Å². The Morgan fingerprint density at radius 2 is 1.58 bits per heavy atom. The highest BCUT2D eigenvalue weighted by Gasteiger charge is 2.09. The van der Waals surface area contributed by atoms with Gasteiger partial charge in [0.25, 0.3) is 5.91 Å². The molecular weight excluding hydrogens is 304 g/mol. The standard InChI is InChI=1S/C19H18N2O3/c1-23-17-11-15(12-18(13-17)24-2)20-19(22)14-6-5-7-16(10-14)21-8-3-4-9-21/h3-13H,1-2H3,(H,20,22). The number of methoxy groups -OCH3 is 2. The van der Waals surface area contributed by atoms with Gasteiger partial charge in [-0.2, -0.15) is 0 Å². The third-order valence-corrected chi connectivity index (χ3v) is 3.62. The summed E-state index contributed by atoms with van der Waals surface area (Å²) in [5.74, 6) is 1.04. The minimum Gasteiger partial charge on any atom is -0.497 e. The molecule has 1 N–H and O–H groups in total. The van der Waals surface area contributed by atoms with Gasteiger partial charge < -0.3 is 19.4 Å². The van der Waals surface area contributed by atoms with Crippen LogP contribution in [0.25, 0.3) is 5.69 Å². The van der Waals surface area contributed by atoms with Gasteiger partial charge in [-0.1, -0.05) is 6.07 Å². The molecule has 1 heterocycles. The molecule has 3 rings (SSSR count). The first kappa shape index (κ1) is 15.7. The lowest BCUT2D eigenvalue weighted by atomic mass is 10.1. The van der Waals surface area contributed by atoms with Crippen molar-refractivity contribution in [3.8, 4) is 17.2 Å². The third kappa shape index (κ3) is 3.41. The SMILES string of the molecule is COc1cc(NC(=O)c2cccc(-n3cccc3)c2)cc(OC)c1. The predicted octanol–water partition coefficient (Wildman–Crippen LogP) is 3.75. The summed E-state index contributed by atoms with van der Waals surface area (Å²) in [6.45, 7) is 0. The Bertz CT molecular complexity index is 819. The molecule has 0 bridgehead atoms. The fourth-order valence-electron chi connectivity index (χ4n) is 2.40. The normalized spacial score (nSPS) is 10.2. The fraction of sp³-hybridized carbons (Fsp3) is 0.105. The molecule has 5 nitrogen and oxygen atoms in total. The van der Waals surface area contributed by atoms with Gasteiger partial charge in [0.15, 0.2) is 0 Å². The summed E-state index contributed by atoms with van der Waals surface area (Å²) < 4.78 is 12.4. The van der Waals surface area contributed by atoms with Crippen LogP contribution in [-0.4, -0.2) is 24.7 Å². The minimum atomic E-state index is -0.195. The van der Waals surface area contributed by atoms with Gasteiger partial charge in [0, 0.05) is 47.5 Å². The number of rotatable bonds is 5. The van der Waals surface area contributed by atoms with E-state index in [1.54, 1.807) is 38.5 Å². The van der Waals surface area contributed by atoms with Crippen LogP contribution in [0.5, 0.6) is 11.5 Å². The van der Waals surface area contributed by atoms with Crippen LogP contribution in [0.4, 0.5) is 5.69 Å². The molecule has 1 amide bonds. The molecule has 1 aromatic heterocycles. The van der Waals surface area contributed by atoms with Gasteiger partial charge in [-0.15, -0.1) is 0 Å². The number of amides is 1. The minimum absolute atomic E-state index is 0.195. The summed E-state index contributed by atoms with van der Waals surface area (Å²) >= 11 is 0. The van der Waals surface area contributed by atoms with Crippen molar-refractivity contribution < 1.29 is 14.3 Å². The second-order valence-corrected chi connectivity index (χ2v) is 5.20. The van der Waals surface area contributed by atoms with Crippen molar-refractivity contribution in [1.82, 2.24) is 4.57 Å². The van der Waals surface area contributed by atoms with Crippen molar-refractivity contribution in [2.75, 3.05) is 19.5 Å². The topological polar surface area (TPSA) is 52.5 Å². The van der Waals surface area contributed by atoms with E-state index in [0.717, 1.165) is 5.69 Å². The van der Waals surface area contributed by atoms with Crippen LogP contribution in [0.3, 0.4) is 0 Å². The molecule has 0 saturated carbocycles. The molecule has 0 aliphatic rings. The number of nitrogens with zero attached hydrogens (tertiary/aromatic N) is 1. The van der Waals surface area contributed by atoms with E-state index >= 15 is 0 Å². The molecule has 24 heavy (non-hydrogen) atoms. The van der Waals surface area contributed by atoms with Gasteiger partial charge in [0.05, 0.1) is 14.2 Å². The molecule has 0 saturated heterocycles. The summed E-state index contributed by atoms with van der Waals surface area (Å²) in [5, 5.41) is 2.87. The number of aromatic nitrogens is 1. The maximum Gasteiger partial charge on any atom is 0.255 e. The Balaban J connectivity index is 1.84. The summed E-state index contributed by atoms with van der Waals surface area (Å²) in [7, 11) is 3.14. The summed E-state index contributed by atoms with van der Waals surface area (Å²) in [4.78, 5) is 12.5. The number of anilines is 1. The van der Waals surface area contributed by atoms with Gasteiger partial charge in [0.1, 0.15) is 11.5 Å². The van der Waals surface area contributed by atoms with Crippen molar-refractivity contribution in [3.05, 3.63) is 72.6 Å². The van der Waals surface area contributed by atoms with Crippen LogP contribution in [0.2, 0.25) is 0 Å². The number of carbonyl (C=O) groups excluding carboxylic acids is 1. The lowest BCUT2D eigenvalue weighted by Gasteiger charge is -2.11. The maximum atomic E-state index is 12.5. The molecule has 122 valence electrons. The number of carbonyl (C=O) groups is 1. The van der Waals surface area contributed by atoms with Gasteiger partial charge in [-0.05, 0) is 30.3 Å². The Morgan fingerprint density at radius 3 is 2.21 bits per heavy atom. The smallest absolute Gasteiger partial charge is 0.255 e. The maximum absolute atomic E-state index is 12.5. The quantitative estimate of drug-likeness (QED) is 0.778. The first-order valence-electron chi connectivity index (χ1n) is 7.47. The van der Waals surface area contributed by atoms with Gasteiger partial charge in [-0.3, -0.25) is 4.79 Å². The third-order valence-electron chi connectivity index (χ3n) is 3.62. The Morgan fingerprint density at radius 1 is 0.917 bits per heavy atom. The Hall–Kier alpha value is -3.21. The monoisotopic (exact) mass is 322 g/mol. The molecule has 3 aromatic rings. The summed E-state index contributed by atoms with van der Waals surface area (Å²) in [6, 6.07) is 16.5. The van der Waals surface area contributed by atoms with Crippen molar-refractivity contribution in [3.63, 3.8) is 0 Å². The molecule has 0 atom stereocenters. The first-order valence-corrected chi connectivity index (χ1v) is 7.47. The van der Waals surface area contributed by atoms with E-state index in [1.807, 2.05) is 47.3 Å². The van der Waals surface area contributed by atoms with Crippen LogP contribution in [-0.2, 0) is 0 Å². The fourth-order valence-corrected chi connectivity index (χ4v) is 2.40. The Kier molecular flexibility index (Phi) is 4.52. The second kappa shape index (κ2) is 6.91. The zero-order valence-electron chi connectivity index (χ0n) is 13.5. The number of hydrogen-bond acceptors (Lipinski definition) is 3. The van der Waals surface area contributed by atoms with E-state index in [9.17, 15) is 4.79 Å². The van der Waals surface area contributed by atoms with E-state index in [4.69, 9.17) is 9.47 Å². The largest absolute Gasteiger partial charge is 0.497 e. The zero-order chi connectivity index (χ0) is 16.9. The van der Waals surface area contributed by atoms with Crippen LogP contribution < -0.4 is 14.8 Å². The van der Waals surface area contributed by atoms with E-state index in [1.165, 1.54) is 0 Å². The second-order valence-electron chi connectivity index (χ2n) is 5.20. The molecule has 0 unspecified atom stereocenters. The number of benzene rings is 2. The molecular formula is C19H18N2O3. The molecule has 0 fully saturated rings. The average molecular weight is 322 g/mol. The molecule has 2 aromatic carbocycles. The molecule has 5 heteroatoms. The van der Waals surface area contributed by atoms with Crippen LogP contribution >= 0.6 is 0 Å². The van der Waals surface area contributed by atoms with Gasteiger partial charge in [-0.25, -0.2) is 0 Å². The van der Waals surface area contributed by atoms with Gasteiger partial charge in [0.2, 0.25) is 0 Å². The van der Waals surface area contributed by atoms with Crippen molar-refractivity contribution in [2.24, 2.45) is 0 Å². The van der Waals surface area contributed by atoms with Crippen molar-refractivity contribution in [1.29, 1.82) is 0 Å². The molecule has 0 aliphatic heterocycles. The number of ether oxygens (including phenoxy) is 2. The molecule has 0 aliphatic carbocycles. The van der Waals surface area contributed by atoms with Crippen LogP contribution in [0.15, 0.2) is 67.0 Å². The number of nitrogens with one attached hydrogen (secondary N) is 1. The van der Waals surface area contributed by atoms with Crippen molar-refractivity contribution in [2.45, 2.75) is 0 Å². The Labute approximate surface area is 140 Å².